The number of carbonyl (C=O) groups excluding carboxylic acids is 1. The van der Waals surface area contributed by atoms with Crippen LogP contribution in [0.15, 0.2) is 54.6 Å². The molecule has 0 aliphatic rings. The van der Waals surface area contributed by atoms with Gasteiger partial charge in [-0.1, -0.05) is 0 Å². The Morgan fingerprint density at radius 3 is 2.42 bits per heavy atom. The molecule has 0 aliphatic heterocycles. The van der Waals surface area contributed by atoms with E-state index >= 15 is 0 Å². The number of ether oxygens (including phenoxy) is 2. The summed E-state index contributed by atoms with van der Waals surface area (Å²) < 4.78 is 12.2. The third kappa shape index (κ3) is 5.87. The maximum atomic E-state index is 11.8. The van der Waals surface area contributed by atoms with Crippen molar-refractivity contribution in [3.05, 3.63) is 60.2 Å². The number of amides is 1. The number of hydrogen-bond donors (Lipinski definition) is 1. The summed E-state index contributed by atoms with van der Waals surface area (Å²) in [4.78, 5) is 12.2. The Morgan fingerprint density at radius 1 is 1.12 bits per heavy atom. The molecule has 4 nitrogen and oxygen atoms in total. The zero-order valence-electron chi connectivity index (χ0n) is 15.8. The summed E-state index contributed by atoms with van der Waals surface area (Å²) in [6.45, 7) is 6.41. The summed E-state index contributed by atoms with van der Waals surface area (Å²) >= 11 is 0.234. The van der Waals surface area contributed by atoms with Crippen molar-refractivity contribution in [1.82, 2.24) is 0 Å². The Hall–Kier alpha value is -1.81. The topological polar surface area (TPSA) is 47.6 Å². The summed E-state index contributed by atoms with van der Waals surface area (Å²) in [5, 5.41) is 2.86. The van der Waals surface area contributed by atoms with Gasteiger partial charge in [0, 0.05) is 0 Å². The second kappa shape index (κ2) is 9.77. The van der Waals surface area contributed by atoms with Gasteiger partial charge in [-0.3, -0.25) is 0 Å². The summed E-state index contributed by atoms with van der Waals surface area (Å²) in [5.41, 5.74) is 1.62. The first-order valence-corrected chi connectivity index (χ1v) is 10.6. The van der Waals surface area contributed by atoms with E-state index in [0.717, 1.165) is 17.7 Å². The number of carbonyl (C=O) groups is 1. The first-order chi connectivity index (χ1) is 12.5. The fourth-order valence-electron chi connectivity index (χ4n) is 2.52. The molecule has 0 bridgehead atoms. The fraction of sp³-hybridized carbons (Fsp3) is 0.381. The number of nitrogens with one attached hydrogen (secondary N) is 1. The minimum absolute atomic E-state index is 0.234. The van der Waals surface area contributed by atoms with E-state index in [1.807, 2.05) is 24.3 Å². The third-order valence-corrected chi connectivity index (χ3v) is 7.54. The molecule has 2 aromatic rings. The van der Waals surface area contributed by atoms with Crippen LogP contribution in [0.1, 0.15) is 26.3 Å². The van der Waals surface area contributed by atoms with E-state index in [2.05, 4.69) is 49.5 Å². The molecule has 0 aliphatic carbocycles. The van der Waals surface area contributed by atoms with Crippen LogP contribution >= 0.6 is 0 Å². The summed E-state index contributed by atoms with van der Waals surface area (Å²) in [7, 11) is 1.76. The molecule has 1 N–H and O–H groups in total. The molecule has 1 amide bonds. The Morgan fingerprint density at radius 2 is 1.77 bits per heavy atom. The number of rotatable bonds is 8. The number of methoxy groups -OCH3 is 1. The van der Waals surface area contributed by atoms with Crippen molar-refractivity contribution in [2.45, 2.75) is 37.6 Å². The van der Waals surface area contributed by atoms with Gasteiger partial charge in [0.05, 0.1) is 0 Å². The van der Waals surface area contributed by atoms with E-state index in [0.29, 0.717) is 11.4 Å². The van der Waals surface area contributed by atoms with Crippen molar-refractivity contribution in [2.24, 2.45) is 0 Å². The molecular formula is C21H27NO3Se. The molecule has 140 valence electrons. The van der Waals surface area contributed by atoms with Gasteiger partial charge >= 0.3 is 162 Å². The fourth-order valence-corrected chi connectivity index (χ4v) is 5.22. The van der Waals surface area contributed by atoms with Crippen LogP contribution in [-0.4, -0.2) is 40.4 Å². The summed E-state index contributed by atoms with van der Waals surface area (Å²) in [6.07, 6.45) is 0.397. The van der Waals surface area contributed by atoms with Gasteiger partial charge < -0.3 is 0 Å². The second-order valence-electron chi connectivity index (χ2n) is 6.43. The predicted molar refractivity (Wildman–Crippen MR) is 107 cm³/mol. The average molecular weight is 420 g/mol. The standard InChI is InChI=1S/C21H27NO3Se/c1-5-25-20(23)22-18-14-10-9-11-16(18)15-19(21(2,3)24-4)26-17-12-7-6-8-13-17/h6-14,19H,5,15H2,1-4H3,(H,22,23). The normalized spacial score (nSPS) is 12.5. The first kappa shape index (κ1) is 20.5. The van der Waals surface area contributed by atoms with Crippen LogP contribution in [0.5, 0.6) is 0 Å². The Bertz CT molecular complexity index is 703. The molecule has 0 aromatic heterocycles. The Kier molecular flexibility index (Phi) is 7.70. The van der Waals surface area contributed by atoms with Gasteiger partial charge in [0.1, 0.15) is 0 Å². The molecule has 2 aromatic carbocycles. The van der Waals surface area contributed by atoms with Crippen molar-refractivity contribution < 1.29 is 14.3 Å². The Balaban J connectivity index is 2.24. The molecular weight excluding hydrogens is 393 g/mol. The van der Waals surface area contributed by atoms with Crippen molar-refractivity contribution in [3.8, 4) is 0 Å². The molecule has 0 fully saturated rings. The minimum atomic E-state index is -0.420. The van der Waals surface area contributed by atoms with Gasteiger partial charge in [0.25, 0.3) is 0 Å². The van der Waals surface area contributed by atoms with Crippen LogP contribution in [0, 0.1) is 0 Å². The van der Waals surface area contributed by atoms with E-state index in [1.165, 1.54) is 4.46 Å². The zero-order valence-corrected chi connectivity index (χ0v) is 17.5. The second-order valence-corrected chi connectivity index (χ2v) is 9.11. The van der Waals surface area contributed by atoms with Crippen molar-refractivity contribution in [3.63, 3.8) is 0 Å². The monoisotopic (exact) mass is 421 g/mol. The zero-order chi connectivity index (χ0) is 19.0. The van der Waals surface area contributed by atoms with Crippen LogP contribution in [-0.2, 0) is 15.9 Å². The molecule has 0 heterocycles. The van der Waals surface area contributed by atoms with Crippen molar-refractivity contribution >= 4 is 31.2 Å². The molecule has 26 heavy (non-hydrogen) atoms. The number of benzene rings is 2. The van der Waals surface area contributed by atoms with Gasteiger partial charge in [-0.25, -0.2) is 0 Å². The number of hydrogen-bond acceptors (Lipinski definition) is 3. The Labute approximate surface area is 162 Å². The molecule has 5 heteroatoms. The van der Waals surface area contributed by atoms with E-state index in [1.54, 1.807) is 14.0 Å². The SMILES string of the molecule is CCOC(=O)Nc1ccccc1CC([Se]c1ccccc1)C(C)(C)OC. The van der Waals surface area contributed by atoms with Gasteiger partial charge in [-0.05, 0) is 0 Å². The van der Waals surface area contributed by atoms with Gasteiger partial charge in [0.2, 0.25) is 0 Å². The molecule has 0 radical (unpaired) electrons. The van der Waals surface area contributed by atoms with Gasteiger partial charge in [-0.2, -0.15) is 0 Å². The van der Waals surface area contributed by atoms with Crippen LogP contribution in [0.3, 0.4) is 0 Å². The summed E-state index contributed by atoms with van der Waals surface area (Å²) in [6, 6.07) is 18.4. The van der Waals surface area contributed by atoms with Crippen molar-refractivity contribution in [1.29, 1.82) is 0 Å². The third-order valence-electron chi connectivity index (χ3n) is 4.26. The number of para-hydroxylation sites is 1. The van der Waals surface area contributed by atoms with Crippen LogP contribution < -0.4 is 9.78 Å². The van der Waals surface area contributed by atoms with E-state index in [4.69, 9.17) is 9.47 Å². The molecule has 0 saturated carbocycles. The maximum absolute atomic E-state index is 11.8. The van der Waals surface area contributed by atoms with Crippen LogP contribution in [0.25, 0.3) is 0 Å². The molecule has 1 unspecified atom stereocenters. The molecule has 0 spiro atoms. The van der Waals surface area contributed by atoms with E-state index in [-0.39, 0.29) is 20.6 Å². The molecule has 2 rings (SSSR count). The van der Waals surface area contributed by atoms with Gasteiger partial charge in [0.15, 0.2) is 0 Å². The first-order valence-electron chi connectivity index (χ1n) is 8.74. The summed E-state index contributed by atoms with van der Waals surface area (Å²) in [5.74, 6) is 0. The average Bonchev–Trinajstić information content (AvgIpc) is 2.63. The van der Waals surface area contributed by atoms with E-state index < -0.39 is 6.09 Å². The van der Waals surface area contributed by atoms with Gasteiger partial charge in [-0.15, -0.1) is 0 Å². The van der Waals surface area contributed by atoms with Crippen LogP contribution in [0.2, 0.25) is 4.82 Å². The molecule has 0 saturated heterocycles. The van der Waals surface area contributed by atoms with Crippen LogP contribution in [0.4, 0.5) is 10.5 Å². The number of anilines is 1. The predicted octanol–water partition coefficient (Wildman–Crippen LogP) is 4.04. The quantitative estimate of drug-likeness (QED) is 0.656. The van der Waals surface area contributed by atoms with E-state index in [9.17, 15) is 4.79 Å². The molecule has 1 atom stereocenters. The van der Waals surface area contributed by atoms with Crippen molar-refractivity contribution in [2.75, 3.05) is 19.0 Å².